The zero-order valence-corrected chi connectivity index (χ0v) is 13.9. The van der Waals surface area contributed by atoms with Crippen LogP contribution in [-0.4, -0.2) is 12.2 Å². The molecule has 0 aliphatic rings. The van der Waals surface area contributed by atoms with Gasteiger partial charge in [0, 0.05) is 10.9 Å². The Morgan fingerprint density at radius 3 is 2.55 bits per heavy atom. The van der Waals surface area contributed by atoms with Crippen molar-refractivity contribution in [2.75, 3.05) is 7.11 Å². The minimum atomic E-state index is -0.762. The van der Waals surface area contributed by atoms with Gasteiger partial charge in [-0.1, -0.05) is 22.0 Å². The Morgan fingerprint density at radius 2 is 1.95 bits per heavy atom. The molecule has 0 saturated heterocycles. The smallest absolute Gasteiger partial charge is 0.133 e. The summed E-state index contributed by atoms with van der Waals surface area (Å²) in [5.41, 5.74) is 1.48. The minimum absolute atomic E-state index is 0.371. The zero-order chi connectivity index (χ0) is 14.7. The van der Waals surface area contributed by atoms with Crippen molar-refractivity contribution in [3.63, 3.8) is 0 Å². The van der Waals surface area contributed by atoms with Crippen molar-refractivity contribution in [3.05, 3.63) is 62.3 Å². The molecule has 20 heavy (non-hydrogen) atoms. The van der Waals surface area contributed by atoms with E-state index in [0.717, 1.165) is 15.8 Å². The van der Waals surface area contributed by atoms with Crippen molar-refractivity contribution in [2.45, 2.75) is 12.5 Å². The van der Waals surface area contributed by atoms with Gasteiger partial charge in [-0.05, 0) is 57.4 Å². The van der Waals surface area contributed by atoms with Gasteiger partial charge in [-0.15, -0.1) is 0 Å². The first-order valence-corrected chi connectivity index (χ1v) is 7.54. The average Bonchev–Trinajstić information content (AvgIpc) is 2.37. The van der Waals surface area contributed by atoms with E-state index in [1.54, 1.807) is 13.2 Å². The highest BCUT2D eigenvalue weighted by molar-refractivity contribution is 9.10. The lowest BCUT2D eigenvalue weighted by Gasteiger charge is -2.13. The fourth-order valence-corrected chi connectivity index (χ4v) is 3.02. The van der Waals surface area contributed by atoms with E-state index in [2.05, 4.69) is 31.9 Å². The van der Waals surface area contributed by atoms with Crippen LogP contribution in [0.2, 0.25) is 0 Å². The highest BCUT2D eigenvalue weighted by Crippen LogP contribution is 2.28. The maximum absolute atomic E-state index is 13.3. The molecule has 0 heterocycles. The van der Waals surface area contributed by atoms with E-state index in [-0.39, 0.29) is 5.82 Å². The Hall–Kier alpha value is -0.910. The molecule has 2 nitrogen and oxygen atoms in total. The molecular weight excluding hydrogens is 391 g/mol. The van der Waals surface area contributed by atoms with Gasteiger partial charge in [0.2, 0.25) is 0 Å². The number of rotatable bonds is 4. The van der Waals surface area contributed by atoms with Crippen LogP contribution >= 0.6 is 31.9 Å². The van der Waals surface area contributed by atoms with Crippen LogP contribution in [0.4, 0.5) is 4.39 Å². The van der Waals surface area contributed by atoms with Gasteiger partial charge in [-0.3, -0.25) is 0 Å². The van der Waals surface area contributed by atoms with Gasteiger partial charge in [0.25, 0.3) is 0 Å². The molecule has 0 radical (unpaired) electrons. The SMILES string of the molecule is COc1ccc(CC(O)c2cc(F)cc(Br)c2)cc1Br. The fourth-order valence-electron chi connectivity index (χ4n) is 1.95. The second-order valence-electron chi connectivity index (χ2n) is 4.39. The third-order valence-electron chi connectivity index (χ3n) is 2.91. The van der Waals surface area contributed by atoms with E-state index >= 15 is 0 Å². The van der Waals surface area contributed by atoms with E-state index in [9.17, 15) is 9.50 Å². The summed E-state index contributed by atoms with van der Waals surface area (Å²) in [5.74, 6) is 0.362. The highest BCUT2D eigenvalue weighted by Gasteiger charge is 2.12. The molecule has 0 aromatic heterocycles. The van der Waals surface area contributed by atoms with Crippen LogP contribution in [0.3, 0.4) is 0 Å². The molecule has 1 atom stereocenters. The monoisotopic (exact) mass is 402 g/mol. The second kappa shape index (κ2) is 6.70. The van der Waals surface area contributed by atoms with Crippen molar-refractivity contribution in [2.24, 2.45) is 0 Å². The Kier molecular flexibility index (Phi) is 5.18. The van der Waals surface area contributed by atoms with E-state index < -0.39 is 6.10 Å². The van der Waals surface area contributed by atoms with Gasteiger partial charge in [0.15, 0.2) is 0 Å². The van der Waals surface area contributed by atoms with Crippen molar-refractivity contribution in [1.29, 1.82) is 0 Å². The first kappa shape index (κ1) is 15.5. The number of halogens is 3. The van der Waals surface area contributed by atoms with Crippen LogP contribution < -0.4 is 4.74 Å². The predicted molar refractivity (Wildman–Crippen MR) is 83.5 cm³/mol. The largest absolute Gasteiger partial charge is 0.496 e. The number of benzene rings is 2. The molecule has 0 aliphatic heterocycles. The maximum Gasteiger partial charge on any atom is 0.133 e. The summed E-state index contributed by atoms with van der Waals surface area (Å²) >= 11 is 6.62. The van der Waals surface area contributed by atoms with Crippen molar-refractivity contribution in [1.82, 2.24) is 0 Å². The van der Waals surface area contributed by atoms with Crippen LogP contribution in [0, 0.1) is 5.82 Å². The fraction of sp³-hybridized carbons (Fsp3) is 0.200. The first-order chi connectivity index (χ1) is 9.49. The van der Waals surface area contributed by atoms with Crippen molar-refractivity contribution < 1.29 is 14.2 Å². The summed E-state index contributed by atoms with van der Waals surface area (Å²) in [6.45, 7) is 0. The van der Waals surface area contributed by atoms with Crippen LogP contribution in [0.5, 0.6) is 5.75 Å². The molecule has 0 fully saturated rings. The molecule has 106 valence electrons. The van der Waals surface area contributed by atoms with E-state index in [4.69, 9.17) is 4.74 Å². The molecule has 1 N–H and O–H groups in total. The molecule has 2 rings (SSSR count). The third kappa shape index (κ3) is 3.81. The first-order valence-electron chi connectivity index (χ1n) is 5.96. The van der Waals surface area contributed by atoms with Gasteiger partial charge < -0.3 is 9.84 Å². The Labute approximate surface area is 133 Å². The van der Waals surface area contributed by atoms with Crippen LogP contribution in [-0.2, 0) is 6.42 Å². The molecule has 0 saturated carbocycles. The number of aliphatic hydroxyl groups is 1. The van der Waals surface area contributed by atoms with E-state index in [0.29, 0.717) is 16.5 Å². The van der Waals surface area contributed by atoms with Gasteiger partial charge in [-0.2, -0.15) is 0 Å². The average molecular weight is 404 g/mol. The van der Waals surface area contributed by atoms with Crippen LogP contribution in [0.25, 0.3) is 0 Å². The molecule has 0 aliphatic carbocycles. The summed E-state index contributed by atoms with van der Waals surface area (Å²) in [4.78, 5) is 0. The molecule has 0 amide bonds. The second-order valence-corrected chi connectivity index (χ2v) is 6.16. The number of ether oxygens (including phenoxy) is 1. The van der Waals surface area contributed by atoms with Gasteiger partial charge in [0.05, 0.1) is 17.7 Å². The normalized spacial score (nSPS) is 12.2. The standard InChI is InChI=1S/C15H13Br2FO2/c1-20-15-3-2-9(4-13(15)17)5-14(19)10-6-11(16)8-12(18)7-10/h2-4,6-8,14,19H,5H2,1H3. The predicted octanol–water partition coefficient (Wildman–Crippen LogP) is 4.64. The number of hydrogen-bond donors (Lipinski definition) is 1. The quantitative estimate of drug-likeness (QED) is 0.805. The minimum Gasteiger partial charge on any atom is -0.496 e. The lowest BCUT2D eigenvalue weighted by atomic mass is 10.0. The topological polar surface area (TPSA) is 29.5 Å². The lowest BCUT2D eigenvalue weighted by Crippen LogP contribution is -2.02. The van der Waals surface area contributed by atoms with Crippen LogP contribution in [0.1, 0.15) is 17.2 Å². The Bertz CT molecular complexity index is 597. The number of aliphatic hydroxyl groups excluding tert-OH is 1. The molecule has 1 unspecified atom stereocenters. The summed E-state index contributed by atoms with van der Waals surface area (Å²) in [7, 11) is 1.60. The summed E-state index contributed by atoms with van der Waals surface area (Å²) < 4.78 is 19.9. The van der Waals surface area contributed by atoms with Gasteiger partial charge in [0.1, 0.15) is 11.6 Å². The van der Waals surface area contributed by atoms with E-state index in [1.807, 2.05) is 18.2 Å². The molecular formula is C15H13Br2FO2. The lowest BCUT2D eigenvalue weighted by molar-refractivity contribution is 0.178. The molecule has 2 aromatic carbocycles. The summed E-state index contributed by atoms with van der Waals surface area (Å²) in [6, 6.07) is 10.0. The summed E-state index contributed by atoms with van der Waals surface area (Å²) in [6.07, 6.45) is -0.360. The van der Waals surface area contributed by atoms with Gasteiger partial charge >= 0.3 is 0 Å². The Balaban J connectivity index is 2.18. The molecule has 2 aromatic rings. The molecule has 0 bridgehead atoms. The Morgan fingerprint density at radius 1 is 1.20 bits per heavy atom. The van der Waals surface area contributed by atoms with Crippen LogP contribution in [0.15, 0.2) is 45.3 Å². The maximum atomic E-state index is 13.3. The van der Waals surface area contributed by atoms with Crippen molar-refractivity contribution >= 4 is 31.9 Å². The van der Waals surface area contributed by atoms with Gasteiger partial charge in [-0.25, -0.2) is 4.39 Å². The number of hydrogen-bond acceptors (Lipinski definition) is 2. The van der Waals surface area contributed by atoms with E-state index in [1.165, 1.54) is 12.1 Å². The highest BCUT2D eigenvalue weighted by atomic mass is 79.9. The zero-order valence-electron chi connectivity index (χ0n) is 10.7. The molecule has 0 spiro atoms. The van der Waals surface area contributed by atoms with Crippen molar-refractivity contribution in [3.8, 4) is 5.75 Å². The number of methoxy groups -OCH3 is 1. The third-order valence-corrected chi connectivity index (χ3v) is 3.99. The summed E-state index contributed by atoms with van der Waals surface area (Å²) in [5, 5.41) is 10.2. The molecule has 5 heteroatoms.